The highest BCUT2D eigenvalue weighted by Gasteiger charge is 2.19. The van der Waals surface area contributed by atoms with Gasteiger partial charge in [-0.1, -0.05) is 25.4 Å². The number of amides is 1. The maximum atomic E-state index is 11.8. The third kappa shape index (κ3) is 4.61. The molecule has 1 aromatic rings. The van der Waals surface area contributed by atoms with E-state index in [2.05, 4.69) is 17.3 Å². The molecule has 0 unspecified atom stereocenters. The summed E-state index contributed by atoms with van der Waals surface area (Å²) in [6, 6.07) is 5.79. The van der Waals surface area contributed by atoms with E-state index >= 15 is 0 Å². The Morgan fingerprint density at radius 1 is 1.38 bits per heavy atom. The minimum atomic E-state index is 0.0389. The van der Waals surface area contributed by atoms with Gasteiger partial charge in [0.1, 0.15) is 0 Å². The number of rotatable bonds is 4. The largest absolute Gasteiger partial charge is 0.359 e. The van der Waals surface area contributed by atoms with E-state index in [0.29, 0.717) is 17.4 Å². The minimum Gasteiger partial charge on any atom is -0.359 e. The van der Waals surface area contributed by atoms with Crippen molar-refractivity contribution >= 4 is 28.9 Å². The van der Waals surface area contributed by atoms with Crippen molar-refractivity contribution in [2.24, 2.45) is 5.92 Å². The van der Waals surface area contributed by atoms with E-state index in [9.17, 15) is 4.79 Å². The lowest BCUT2D eigenvalue weighted by atomic mass is 10.1. The highest BCUT2D eigenvalue weighted by Crippen LogP contribution is 2.29. The van der Waals surface area contributed by atoms with Crippen molar-refractivity contribution in [3.8, 4) is 0 Å². The van der Waals surface area contributed by atoms with E-state index in [-0.39, 0.29) is 5.91 Å². The fraction of sp³-hybridized carbons (Fsp3) is 0.562. The van der Waals surface area contributed by atoms with E-state index in [1.54, 1.807) is 4.90 Å². The summed E-state index contributed by atoms with van der Waals surface area (Å²) in [7, 11) is 2.21. The van der Waals surface area contributed by atoms with Crippen molar-refractivity contribution in [3.05, 3.63) is 23.2 Å². The lowest BCUT2D eigenvalue weighted by Gasteiger charge is -2.32. The van der Waals surface area contributed by atoms with Gasteiger partial charge in [-0.25, -0.2) is 0 Å². The smallest absolute Gasteiger partial charge is 0.224 e. The zero-order chi connectivity index (χ0) is 15.4. The number of anilines is 2. The average molecular weight is 311 g/mol. The molecule has 2 N–H and O–H groups in total. The molecular formula is C16H25ClN3O+. The van der Waals surface area contributed by atoms with Crippen molar-refractivity contribution in [1.82, 2.24) is 0 Å². The number of likely N-dealkylation sites (N-methyl/N-ethyl adjacent to an activating group) is 1. The lowest BCUT2D eigenvalue weighted by Crippen LogP contribution is -3.12. The first-order chi connectivity index (χ1) is 9.95. The van der Waals surface area contributed by atoms with Crippen molar-refractivity contribution < 1.29 is 9.69 Å². The molecule has 0 spiro atoms. The minimum absolute atomic E-state index is 0.0389. The van der Waals surface area contributed by atoms with Crippen LogP contribution in [0, 0.1) is 5.92 Å². The van der Waals surface area contributed by atoms with Crippen LogP contribution in [-0.4, -0.2) is 39.1 Å². The number of halogens is 1. The first-order valence-corrected chi connectivity index (χ1v) is 7.99. The summed E-state index contributed by atoms with van der Waals surface area (Å²) in [4.78, 5) is 15.7. The lowest BCUT2D eigenvalue weighted by molar-refractivity contribution is -0.880. The molecular weight excluding hydrogens is 286 g/mol. The van der Waals surface area contributed by atoms with Gasteiger partial charge in [0, 0.05) is 12.1 Å². The maximum Gasteiger partial charge on any atom is 0.224 e. The Balaban J connectivity index is 2.02. The number of benzene rings is 1. The van der Waals surface area contributed by atoms with Gasteiger partial charge in [-0.2, -0.15) is 0 Å². The van der Waals surface area contributed by atoms with Crippen molar-refractivity contribution in [1.29, 1.82) is 0 Å². The Labute approximate surface area is 132 Å². The number of nitrogens with zero attached hydrogens (tertiary/aromatic N) is 1. The molecule has 0 bridgehead atoms. The molecule has 1 aliphatic heterocycles. The number of hydrogen-bond donors (Lipinski definition) is 2. The Hall–Kier alpha value is -1.26. The molecule has 0 aliphatic carbocycles. The van der Waals surface area contributed by atoms with Gasteiger partial charge in [-0.3, -0.25) is 4.79 Å². The van der Waals surface area contributed by atoms with Crippen LogP contribution in [0.15, 0.2) is 18.2 Å². The van der Waals surface area contributed by atoms with E-state index in [0.717, 1.165) is 37.6 Å². The summed E-state index contributed by atoms with van der Waals surface area (Å²) in [5.41, 5.74) is 1.83. The quantitative estimate of drug-likeness (QED) is 0.887. The molecule has 4 nitrogen and oxygen atoms in total. The molecule has 1 fully saturated rings. The predicted molar refractivity (Wildman–Crippen MR) is 88.4 cm³/mol. The number of quaternary nitrogens is 1. The van der Waals surface area contributed by atoms with Crippen LogP contribution < -0.4 is 15.1 Å². The molecule has 21 heavy (non-hydrogen) atoms. The van der Waals surface area contributed by atoms with Crippen LogP contribution >= 0.6 is 11.6 Å². The first kappa shape index (κ1) is 16.1. The summed E-state index contributed by atoms with van der Waals surface area (Å²) in [6.07, 6.45) is 0.528. The molecule has 0 aromatic heterocycles. The Bertz CT molecular complexity index is 496. The molecule has 0 atom stereocenters. The SMILES string of the molecule is CC(C)CC(=O)Nc1ccc(N2CC[NH+](C)CC2)c(Cl)c1. The van der Waals surface area contributed by atoms with Gasteiger partial charge in [0.25, 0.3) is 0 Å². The molecule has 2 rings (SSSR count). The second-order valence-corrected chi connectivity index (χ2v) is 6.66. The highest BCUT2D eigenvalue weighted by molar-refractivity contribution is 6.33. The average Bonchev–Trinajstić information content (AvgIpc) is 2.39. The van der Waals surface area contributed by atoms with Gasteiger partial charge < -0.3 is 15.1 Å². The van der Waals surface area contributed by atoms with Gasteiger partial charge in [0.15, 0.2) is 0 Å². The van der Waals surface area contributed by atoms with E-state index in [1.807, 2.05) is 32.0 Å². The van der Waals surface area contributed by atoms with Crippen LogP contribution in [0.4, 0.5) is 11.4 Å². The summed E-state index contributed by atoms with van der Waals surface area (Å²) >= 11 is 6.39. The van der Waals surface area contributed by atoms with E-state index in [4.69, 9.17) is 11.6 Å². The molecule has 0 saturated carbocycles. The predicted octanol–water partition coefficient (Wildman–Crippen LogP) is 1.66. The second kappa shape index (κ2) is 7.14. The summed E-state index contributed by atoms with van der Waals surface area (Å²) in [5, 5.41) is 3.61. The van der Waals surface area contributed by atoms with Gasteiger partial charge in [0.05, 0.1) is 43.9 Å². The van der Waals surface area contributed by atoms with Crippen LogP contribution in [0.3, 0.4) is 0 Å². The number of hydrogen-bond acceptors (Lipinski definition) is 2. The zero-order valence-electron chi connectivity index (χ0n) is 13.1. The number of carbonyl (C=O) groups is 1. The third-order valence-electron chi connectivity index (χ3n) is 3.78. The van der Waals surface area contributed by atoms with Gasteiger partial charge in [-0.05, 0) is 24.1 Å². The number of piperazine rings is 1. The molecule has 1 heterocycles. The second-order valence-electron chi connectivity index (χ2n) is 6.26. The Kier molecular flexibility index (Phi) is 5.48. The van der Waals surface area contributed by atoms with Crippen molar-refractivity contribution in [3.63, 3.8) is 0 Å². The monoisotopic (exact) mass is 310 g/mol. The van der Waals surface area contributed by atoms with E-state index in [1.165, 1.54) is 0 Å². The normalized spacial score (nSPS) is 16.3. The number of nitrogens with one attached hydrogen (secondary N) is 2. The highest BCUT2D eigenvalue weighted by atomic mass is 35.5. The molecule has 1 aromatic carbocycles. The van der Waals surface area contributed by atoms with Crippen LogP contribution in [0.5, 0.6) is 0 Å². The number of carbonyl (C=O) groups excluding carboxylic acids is 1. The van der Waals surface area contributed by atoms with Crippen LogP contribution in [0.25, 0.3) is 0 Å². The molecule has 1 saturated heterocycles. The summed E-state index contributed by atoms with van der Waals surface area (Å²) in [6.45, 7) is 8.36. The summed E-state index contributed by atoms with van der Waals surface area (Å²) < 4.78 is 0. The third-order valence-corrected chi connectivity index (χ3v) is 4.09. The van der Waals surface area contributed by atoms with Crippen LogP contribution in [-0.2, 0) is 4.79 Å². The molecule has 0 radical (unpaired) electrons. The Morgan fingerprint density at radius 2 is 2.05 bits per heavy atom. The Morgan fingerprint density at radius 3 is 2.62 bits per heavy atom. The molecule has 1 amide bonds. The van der Waals surface area contributed by atoms with Crippen LogP contribution in [0.1, 0.15) is 20.3 Å². The molecule has 116 valence electrons. The fourth-order valence-corrected chi connectivity index (χ4v) is 2.85. The topological polar surface area (TPSA) is 36.8 Å². The van der Waals surface area contributed by atoms with E-state index < -0.39 is 0 Å². The maximum absolute atomic E-state index is 11.8. The van der Waals surface area contributed by atoms with Crippen molar-refractivity contribution in [2.45, 2.75) is 20.3 Å². The fourth-order valence-electron chi connectivity index (χ4n) is 2.55. The molecule has 1 aliphatic rings. The van der Waals surface area contributed by atoms with Gasteiger partial charge in [-0.15, -0.1) is 0 Å². The van der Waals surface area contributed by atoms with Gasteiger partial charge in [0.2, 0.25) is 5.91 Å². The standard InChI is InChI=1S/C16H24ClN3O/c1-12(2)10-16(21)18-13-4-5-15(14(17)11-13)20-8-6-19(3)7-9-20/h4-5,11-12H,6-10H2,1-3H3,(H,18,21)/p+1. The van der Waals surface area contributed by atoms with Crippen LogP contribution in [0.2, 0.25) is 5.02 Å². The first-order valence-electron chi connectivity index (χ1n) is 7.61. The van der Waals surface area contributed by atoms with Crippen molar-refractivity contribution in [2.75, 3.05) is 43.4 Å². The summed E-state index contributed by atoms with van der Waals surface area (Å²) in [5.74, 6) is 0.393. The van der Waals surface area contributed by atoms with Gasteiger partial charge >= 0.3 is 0 Å². The zero-order valence-corrected chi connectivity index (χ0v) is 13.8. The molecule has 5 heteroatoms.